The summed E-state index contributed by atoms with van der Waals surface area (Å²) < 4.78 is 0. The summed E-state index contributed by atoms with van der Waals surface area (Å²) in [4.78, 5) is 2.71. The smallest absolute Gasteiger partial charge is 0.0105 e. The van der Waals surface area contributed by atoms with E-state index >= 15 is 0 Å². The molecule has 0 amide bonds. The number of rotatable bonds is 4. The van der Waals surface area contributed by atoms with Crippen molar-refractivity contribution in [3.63, 3.8) is 0 Å². The Morgan fingerprint density at radius 1 is 1.06 bits per heavy atom. The van der Waals surface area contributed by atoms with Gasteiger partial charge in [0.2, 0.25) is 0 Å². The molecule has 2 heteroatoms. The predicted molar refractivity (Wildman–Crippen MR) is 74.1 cm³/mol. The van der Waals surface area contributed by atoms with E-state index in [1.165, 1.54) is 70.9 Å². The van der Waals surface area contributed by atoms with Crippen LogP contribution in [0, 0.1) is 5.41 Å². The van der Waals surface area contributed by atoms with Gasteiger partial charge < -0.3 is 10.6 Å². The Bertz CT molecular complexity index is 211. The Balaban J connectivity index is 1.83. The highest BCUT2D eigenvalue weighted by atomic mass is 15.2. The van der Waals surface area contributed by atoms with Crippen molar-refractivity contribution in [2.75, 3.05) is 19.6 Å². The normalized spacial score (nSPS) is 27.2. The van der Waals surface area contributed by atoms with E-state index < -0.39 is 0 Å². The first-order valence-corrected chi connectivity index (χ1v) is 7.74. The average molecular weight is 238 g/mol. The highest BCUT2D eigenvalue weighted by Crippen LogP contribution is 2.44. The van der Waals surface area contributed by atoms with Gasteiger partial charge in [0.15, 0.2) is 0 Å². The predicted octanol–water partition coefficient (Wildman–Crippen LogP) is 3.16. The van der Waals surface area contributed by atoms with Gasteiger partial charge in [0.05, 0.1) is 0 Å². The van der Waals surface area contributed by atoms with Gasteiger partial charge >= 0.3 is 0 Å². The SMILES string of the molecule is CCC(CCN)N1CCC2(CCCCC2)CC1. The molecule has 0 aromatic heterocycles. The molecule has 1 heterocycles. The monoisotopic (exact) mass is 238 g/mol. The highest BCUT2D eigenvalue weighted by molar-refractivity contribution is 4.89. The first-order valence-electron chi connectivity index (χ1n) is 7.74. The van der Waals surface area contributed by atoms with E-state index in [0.717, 1.165) is 18.0 Å². The molecule has 0 aromatic rings. The molecule has 1 aliphatic carbocycles. The third kappa shape index (κ3) is 3.23. The Hall–Kier alpha value is -0.0800. The van der Waals surface area contributed by atoms with E-state index in [0.29, 0.717) is 0 Å². The summed E-state index contributed by atoms with van der Waals surface area (Å²) in [7, 11) is 0. The largest absolute Gasteiger partial charge is 0.330 e. The third-order valence-electron chi connectivity index (χ3n) is 5.26. The first-order chi connectivity index (χ1) is 8.29. The van der Waals surface area contributed by atoms with Gasteiger partial charge in [-0.25, -0.2) is 0 Å². The van der Waals surface area contributed by atoms with Crippen LogP contribution in [0.1, 0.15) is 64.7 Å². The lowest BCUT2D eigenvalue weighted by Gasteiger charge is -2.46. The fourth-order valence-corrected chi connectivity index (χ4v) is 4.00. The van der Waals surface area contributed by atoms with Crippen LogP contribution >= 0.6 is 0 Å². The van der Waals surface area contributed by atoms with Crippen molar-refractivity contribution in [2.45, 2.75) is 70.8 Å². The third-order valence-corrected chi connectivity index (χ3v) is 5.26. The molecule has 1 unspecified atom stereocenters. The minimum absolute atomic E-state index is 0.746. The van der Waals surface area contributed by atoms with E-state index in [1.807, 2.05) is 0 Å². The molecule has 2 rings (SSSR count). The highest BCUT2D eigenvalue weighted by Gasteiger charge is 2.36. The van der Waals surface area contributed by atoms with Gasteiger partial charge in [0, 0.05) is 6.04 Å². The van der Waals surface area contributed by atoms with Crippen molar-refractivity contribution in [1.29, 1.82) is 0 Å². The molecule has 0 radical (unpaired) electrons. The zero-order valence-corrected chi connectivity index (χ0v) is 11.6. The molecule has 2 N–H and O–H groups in total. The summed E-state index contributed by atoms with van der Waals surface area (Å²) in [5.41, 5.74) is 6.47. The van der Waals surface area contributed by atoms with Crippen LogP contribution in [-0.4, -0.2) is 30.6 Å². The summed E-state index contributed by atoms with van der Waals surface area (Å²) in [6, 6.07) is 0.751. The molecule has 1 atom stereocenters. The topological polar surface area (TPSA) is 29.3 Å². The van der Waals surface area contributed by atoms with Crippen molar-refractivity contribution in [3.05, 3.63) is 0 Å². The molecule has 100 valence electrons. The number of likely N-dealkylation sites (tertiary alicyclic amines) is 1. The van der Waals surface area contributed by atoms with E-state index in [2.05, 4.69) is 11.8 Å². The summed E-state index contributed by atoms with van der Waals surface area (Å²) in [5.74, 6) is 0. The quantitative estimate of drug-likeness (QED) is 0.815. The van der Waals surface area contributed by atoms with Gasteiger partial charge in [0.25, 0.3) is 0 Å². The zero-order chi connectivity index (χ0) is 12.1. The van der Waals surface area contributed by atoms with Crippen LogP contribution < -0.4 is 5.73 Å². The second kappa shape index (κ2) is 6.19. The van der Waals surface area contributed by atoms with Crippen molar-refractivity contribution in [1.82, 2.24) is 4.90 Å². The van der Waals surface area contributed by atoms with Gasteiger partial charge in [-0.2, -0.15) is 0 Å². The number of piperidine rings is 1. The number of nitrogens with two attached hydrogens (primary N) is 1. The number of nitrogens with zero attached hydrogens (tertiary/aromatic N) is 1. The maximum Gasteiger partial charge on any atom is 0.0105 e. The fraction of sp³-hybridized carbons (Fsp3) is 1.00. The summed E-state index contributed by atoms with van der Waals surface area (Å²) >= 11 is 0. The maximum atomic E-state index is 5.72. The average Bonchev–Trinajstić information content (AvgIpc) is 2.38. The van der Waals surface area contributed by atoms with Crippen LogP contribution in [0.15, 0.2) is 0 Å². The molecule has 2 fully saturated rings. The molecule has 1 saturated heterocycles. The molecule has 17 heavy (non-hydrogen) atoms. The molecular weight excluding hydrogens is 208 g/mol. The van der Waals surface area contributed by atoms with Gasteiger partial charge in [-0.3, -0.25) is 0 Å². The van der Waals surface area contributed by atoms with Gasteiger partial charge in [-0.05, 0) is 63.6 Å². The van der Waals surface area contributed by atoms with Crippen molar-refractivity contribution in [2.24, 2.45) is 11.1 Å². The van der Waals surface area contributed by atoms with Crippen molar-refractivity contribution >= 4 is 0 Å². The van der Waals surface area contributed by atoms with Gasteiger partial charge in [-0.1, -0.05) is 26.2 Å². The van der Waals surface area contributed by atoms with Crippen LogP contribution in [0.5, 0.6) is 0 Å². The Labute approximate surface area is 107 Å². The van der Waals surface area contributed by atoms with Crippen molar-refractivity contribution in [3.8, 4) is 0 Å². The van der Waals surface area contributed by atoms with Gasteiger partial charge in [0.1, 0.15) is 0 Å². The van der Waals surface area contributed by atoms with E-state index in [-0.39, 0.29) is 0 Å². The lowest BCUT2D eigenvalue weighted by atomic mass is 9.68. The summed E-state index contributed by atoms with van der Waals surface area (Å²) in [6.07, 6.45) is 12.8. The van der Waals surface area contributed by atoms with Gasteiger partial charge in [-0.15, -0.1) is 0 Å². The molecule has 1 saturated carbocycles. The van der Waals surface area contributed by atoms with Crippen LogP contribution in [0.25, 0.3) is 0 Å². The van der Waals surface area contributed by atoms with Crippen LogP contribution in [0.3, 0.4) is 0 Å². The summed E-state index contributed by atoms with van der Waals surface area (Å²) in [6.45, 7) is 5.82. The fourth-order valence-electron chi connectivity index (χ4n) is 4.00. The first kappa shape index (κ1) is 13.4. The summed E-state index contributed by atoms with van der Waals surface area (Å²) in [5, 5.41) is 0. The second-order valence-electron chi connectivity index (χ2n) is 6.24. The zero-order valence-electron chi connectivity index (χ0n) is 11.6. The van der Waals surface area contributed by atoms with E-state index in [1.54, 1.807) is 0 Å². The minimum atomic E-state index is 0.746. The molecule has 0 aromatic carbocycles. The minimum Gasteiger partial charge on any atom is -0.330 e. The molecule has 2 nitrogen and oxygen atoms in total. The number of hydrogen-bond acceptors (Lipinski definition) is 2. The molecule has 1 aliphatic heterocycles. The second-order valence-corrected chi connectivity index (χ2v) is 6.24. The van der Waals surface area contributed by atoms with E-state index in [9.17, 15) is 0 Å². The maximum absolute atomic E-state index is 5.72. The molecule has 2 aliphatic rings. The number of hydrogen-bond donors (Lipinski definition) is 1. The van der Waals surface area contributed by atoms with Crippen LogP contribution in [0.2, 0.25) is 0 Å². The molecule has 1 spiro atoms. The Kier molecular flexibility index (Phi) is 4.87. The Morgan fingerprint density at radius 2 is 1.71 bits per heavy atom. The standard InChI is InChI=1S/C15H30N2/c1-2-14(6-11-16)17-12-9-15(10-13-17)7-4-3-5-8-15/h14H,2-13,16H2,1H3. The molecule has 0 bridgehead atoms. The van der Waals surface area contributed by atoms with Crippen LogP contribution in [-0.2, 0) is 0 Å². The lowest BCUT2D eigenvalue weighted by molar-refractivity contribution is 0.0423. The van der Waals surface area contributed by atoms with Crippen LogP contribution in [0.4, 0.5) is 0 Å². The van der Waals surface area contributed by atoms with Crippen molar-refractivity contribution < 1.29 is 0 Å². The molecular formula is C15H30N2. The Morgan fingerprint density at radius 3 is 2.24 bits per heavy atom. The lowest BCUT2D eigenvalue weighted by Crippen LogP contribution is -2.46. The van der Waals surface area contributed by atoms with E-state index in [4.69, 9.17) is 5.73 Å².